The summed E-state index contributed by atoms with van der Waals surface area (Å²) in [5, 5.41) is 20.4. The molecule has 2 fully saturated rings. The Kier molecular flexibility index (Phi) is 17.6. The summed E-state index contributed by atoms with van der Waals surface area (Å²) in [6, 6.07) is 2.32. The van der Waals surface area contributed by atoms with Crippen LogP contribution in [0.5, 0.6) is 0 Å². The number of nitrogen functional groups attached to an aromatic ring is 2. The minimum Gasteiger partial charge on any atom is -0.790 e. The van der Waals surface area contributed by atoms with Crippen molar-refractivity contribution in [3.05, 3.63) is 45.5 Å². The third-order valence-corrected chi connectivity index (χ3v) is 7.70. The molecule has 0 spiro atoms. The van der Waals surface area contributed by atoms with Gasteiger partial charge in [-0.15, -0.1) is 0 Å². The van der Waals surface area contributed by atoms with Crippen LogP contribution in [0.15, 0.2) is 34.1 Å². The van der Waals surface area contributed by atoms with Crippen LogP contribution < -0.4 is 126 Å². The second-order valence-electron chi connectivity index (χ2n) is 9.29. The number of nitrogens with zero attached hydrogens (tertiary/aromatic N) is 4. The largest absolute Gasteiger partial charge is 1.00 e. The van der Waals surface area contributed by atoms with E-state index in [1.807, 2.05) is 0 Å². The zero-order chi connectivity index (χ0) is 32.6. The Morgan fingerprint density at radius 3 is 1.89 bits per heavy atom. The molecular weight excluding hydrogens is 711 g/mol. The molecule has 2 aliphatic heterocycles. The second kappa shape index (κ2) is 18.4. The molecule has 2 aliphatic rings. The molecule has 0 amide bonds. The molecule has 22 nitrogen and oxygen atoms in total. The van der Waals surface area contributed by atoms with E-state index in [0.717, 1.165) is 30.0 Å². The third kappa shape index (κ3) is 11.4. The number of phosphoric ester groups is 2. The Labute approximate surface area is 330 Å². The summed E-state index contributed by atoms with van der Waals surface area (Å²) in [6.07, 6.45) is -12.1. The number of hydrogen-bond acceptors (Lipinski definition) is 20. The molecule has 1 unspecified atom stereocenters. The summed E-state index contributed by atoms with van der Waals surface area (Å²) >= 11 is 0. The van der Waals surface area contributed by atoms with Gasteiger partial charge in [-0.2, -0.15) is 9.97 Å². The summed E-state index contributed by atoms with van der Waals surface area (Å²) in [5.74, 6) is -1.40. The van der Waals surface area contributed by atoms with E-state index < -0.39 is 95.3 Å². The van der Waals surface area contributed by atoms with E-state index in [0.29, 0.717) is 4.57 Å². The maximum Gasteiger partial charge on any atom is 1.00 e. The summed E-state index contributed by atoms with van der Waals surface area (Å²) < 4.78 is 56.0. The number of phosphoric acid groups is 2. The van der Waals surface area contributed by atoms with Crippen LogP contribution in [0.2, 0.25) is 0 Å². The first-order chi connectivity index (χ1) is 20.5. The fraction of sp³-hybridized carbons (Fsp3) is 0.550. The quantitative estimate of drug-likeness (QED) is 0.0945. The molecule has 6 N–H and O–H groups in total. The van der Waals surface area contributed by atoms with Crippen LogP contribution in [-0.4, -0.2) is 85.1 Å². The number of ether oxygens (including phenoxy) is 3. The van der Waals surface area contributed by atoms with E-state index >= 15 is 0 Å². The maximum atomic E-state index is 12.8. The standard InChI is InChI=1S/C20H28N6O16P2.3Na/c1-8(28)38-16-15(41-43(32,33)34)10(40-18(16)26-5-3-12(22)24-20(26)31)7-37-44(35,36)42-14-9(6-27)39-17(13(14)29)25-4-2-11(21)23-19(25)30;;;/h2-5,9-10,13-18,27,29H,6-7H2,1H3,(H,35,36)(H2,21,23,30)(H2,22,24,31)(H2,32,33,34);;;/q;3*+1/p-3/t9-,10-,13-,14-,15-,16-,17-,18-;;;/m1.../s1. The van der Waals surface area contributed by atoms with Gasteiger partial charge in [0.15, 0.2) is 18.6 Å². The molecule has 2 aromatic heterocycles. The van der Waals surface area contributed by atoms with Gasteiger partial charge in [-0.05, 0) is 12.1 Å². The van der Waals surface area contributed by atoms with Crippen molar-refractivity contribution in [2.75, 3.05) is 24.7 Å². The van der Waals surface area contributed by atoms with E-state index in [1.165, 1.54) is 6.07 Å². The normalized spacial score (nSPS) is 28.3. The van der Waals surface area contributed by atoms with Crippen molar-refractivity contribution in [3.8, 4) is 0 Å². The zero-order valence-corrected chi connectivity index (χ0v) is 33.1. The van der Waals surface area contributed by atoms with Crippen molar-refractivity contribution < 1.29 is 155 Å². The Hall–Kier alpha value is -0.110. The monoisotopic (exact) mass is 736 g/mol. The van der Waals surface area contributed by atoms with Gasteiger partial charge in [-0.3, -0.25) is 18.5 Å². The Bertz CT molecular complexity index is 1600. The van der Waals surface area contributed by atoms with Gasteiger partial charge >= 0.3 is 106 Å². The van der Waals surface area contributed by atoms with Crippen LogP contribution in [0.25, 0.3) is 0 Å². The minimum atomic E-state index is -5.87. The van der Waals surface area contributed by atoms with Gasteiger partial charge < -0.3 is 68.7 Å². The number of aromatic nitrogens is 4. The zero-order valence-electron chi connectivity index (χ0n) is 25.3. The molecule has 9 atom stereocenters. The molecule has 0 aliphatic carbocycles. The van der Waals surface area contributed by atoms with Gasteiger partial charge in [0.05, 0.1) is 21.0 Å². The summed E-state index contributed by atoms with van der Waals surface area (Å²) in [5.41, 5.74) is 8.86. The van der Waals surface area contributed by atoms with Crippen LogP contribution in [0.3, 0.4) is 0 Å². The Morgan fingerprint density at radius 1 is 0.915 bits per heavy atom. The van der Waals surface area contributed by atoms with Crippen LogP contribution in [-0.2, 0) is 41.7 Å². The number of rotatable bonds is 11. The number of carbonyl (C=O) groups excluding carboxylic acids is 1. The fourth-order valence-electron chi connectivity index (χ4n) is 4.47. The molecule has 0 saturated carbocycles. The number of aliphatic hydroxyl groups is 2. The Balaban J connectivity index is 0.00000368. The van der Waals surface area contributed by atoms with Crippen LogP contribution in [0, 0.1) is 0 Å². The molecule has 4 rings (SSSR count). The summed E-state index contributed by atoms with van der Waals surface area (Å²) in [7, 11) is -11.4. The van der Waals surface area contributed by atoms with Gasteiger partial charge in [0.1, 0.15) is 42.2 Å². The predicted octanol–water partition coefficient (Wildman–Crippen LogP) is -14.2. The fourth-order valence-corrected chi connectivity index (χ4v) is 5.97. The topological polar surface area (TPSA) is 338 Å². The van der Waals surface area contributed by atoms with Gasteiger partial charge in [0, 0.05) is 19.3 Å². The summed E-state index contributed by atoms with van der Waals surface area (Å²) in [4.78, 5) is 79.2. The van der Waals surface area contributed by atoms with Gasteiger partial charge in [-0.25, -0.2) is 9.59 Å². The van der Waals surface area contributed by atoms with E-state index in [9.17, 15) is 48.4 Å². The molecule has 27 heteroatoms. The van der Waals surface area contributed by atoms with Gasteiger partial charge in [0.2, 0.25) is 0 Å². The maximum absolute atomic E-state index is 12.8. The van der Waals surface area contributed by atoms with Crippen molar-refractivity contribution in [1.29, 1.82) is 0 Å². The molecule has 4 heterocycles. The molecule has 2 aromatic rings. The number of anilines is 2. The average Bonchev–Trinajstić information content (AvgIpc) is 3.38. The van der Waals surface area contributed by atoms with Crippen molar-refractivity contribution in [3.63, 3.8) is 0 Å². The van der Waals surface area contributed by atoms with Crippen molar-refractivity contribution >= 4 is 33.3 Å². The van der Waals surface area contributed by atoms with E-state index in [-0.39, 0.29) is 100 Å². The average molecular weight is 736 g/mol. The number of hydrogen-bond donors (Lipinski definition) is 4. The first kappa shape index (κ1) is 44.9. The first-order valence-electron chi connectivity index (χ1n) is 12.3. The number of esters is 1. The van der Waals surface area contributed by atoms with E-state index in [4.69, 9.17) is 34.7 Å². The van der Waals surface area contributed by atoms with E-state index in [1.54, 1.807) is 0 Å². The second-order valence-corrected chi connectivity index (χ2v) is 11.8. The van der Waals surface area contributed by atoms with E-state index in [2.05, 4.69) is 14.5 Å². The van der Waals surface area contributed by atoms with Crippen molar-refractivity contribution in [2.45, 2.75) is 56.0 Å². The third-order valence-electron chi connectivity index (χ3n) is 6.23. The number of aliphatic hydroxyl groups excluding tert-OH is 2. The molecule has 244 valence electrons. The smallest absolute Gasteiger partial charge is 0.790 e. The van der Waals surface area contributed by atoms with Crippen LogP contribution >= 0.6 is 15.6 Å². The molecule has 0 radical (unpaired) electrons. The molecular formula is C20H25N6Na3O16P2. The van der Waals surface area contributed by atoms with Crippen LogP contribution in [0.4, 0.5) is 11.6 Å². The van der Waals surface area contributed by atoms with Crippen molar-refractivity contribution in [1.82, 2.24) is 19.1 Å². The molecule has 0 aromatic carbocycles. The molecule has 2 saturated heterocycles. The van der Waals surface area contributed by atoms with Crippen LogP contribution in [0.1, 0.15) is 19.4 Å². The van der Waals surface area contributed by atoms with Gasteiger partial charge in [0.25, 0.3) is 7.82 Å². The first-order valence-corrected chi connectivity index (χ1v) is 15.2. The molecule has 47 heavy (non-hydrogen) atoms. The van der Waals surface area contributed by atoms with Gasteiger partial charge in [-0.1, -0.05) is 0 Å². The Morgan fingerprint density at radius 2 is 1.43 bits per heavy atom. The SMILES string of the molecule is CC(=O)O[C@@H]1[C@H](OP(=O)([O-])[O-])[C@@H](COP(=O)([O-])O[C@H]2[C@@H](O)[C@H](n3ccc(N)nc3=O)O[C@@H]2CO)O[C@H]1n1ccc(N)nc1=O.[Na+].[Na+].[Na+]. The number of carbonyl (C=O) groups is 1. The molecule has 0 bridgehead atoms. The minimum absolute atomic E-state index is 0. The number of nitrogens with two attached hydrogens (primary N) is 2. The van der Waals surface area contributed by atoms with Crippen molar-refractivity contribution in [2.24, 2.45) is 0 Å². The summed E-state index contributed by atoms with van der Waals surface area (Å²) in [6.45, 7) is -1.14. The predicted molar refractivity (Wildman–Crippen MR) is 133 cm³/mol.